The fourth-order valence-corrected chi connectivity index (χ4v) is 3.77. The minimum Gasteiger partial charge on any atom is -0.406 e. The Morgan fingerprint density at radius 1 is 1.26 bits per heavy atom. The van der Waals surface area contributed by atoms with E-state index in [-0.39, 0.29) is 16.3 Å². The maximum absolute atomic E-state index is 12.3. The summed E-state index contributed by atoms with van der Waals surface area (Å²) in [7, 11) is 0. The van der Waals surface area contributed by atoms with Gasteiger partial charge in [0.1, 0.15) is 5.75 Å². The molecule has 10 heteroatoms. The van der Waals surface area contributed by atoms with Crippen LogP contribution in [0.25, 0.3) is 11.3 Å². The molecule has 4 rings (SSSR count). The second-order valence-electron chi connectivity index (χ2n) is 6.78. The first-order valence-electron chi connectivity index (χ1n) is 8.68. The third-order valence-electron chi connectivity index (χ3n) is 4.98. The molecule has 2 fully saturated rings. The maximum atomic E-state index is 12.3. The zero-order valence-corrected chi connectivity index (χ0v) is 14.3. The molecule has 2 aliphatic rings. The van der Waals surface area contributed by atoms with E-state index in [1.165, 1.54) is 12.1 Å². The largest absolute Gasteiger partial charge is 0.573 e. The van der Waals surface area contributed by atoms with Crippen LogP contribution in [0.5, 0.6) is 5.75 Å². The van der Waals surface area contributed by atoms with Crippen molar-refractivity contribution in [3.63, 3.8) is 0 Å². The Labute approximate surface area is 152 Å². The molecule has 27 heavy (non-hydrogen) atoms. The van der Waals surface area contributed by atoms with Gasteiger partial charge in [-0.2, -0.15) is 0 Å². The van der Waals surface area contributed by atoms with Crippen molar-refractivity contribution in [3.8, 4) is 17.0 Å². The van der Waals surface area contributed by atoms with Gasteiger partial charge in [-0.1, -0.05) is 0 Å². The Hall–Kier alpha value is -2.33. The van der Waals surface area contributed by atoms with E-state index in [1.807, 2.05) is 0 Å². The molecule has 2 aromatic rings. The summed E-state index contributed by atoms with van der Waals surface area (Å²) in [5.41, 5.74) is 1.06. The SMILES string of the molecule is [O-][n+]1onc(CN2CC[C@@H]3OCC[C@@H]3C2)c1-c1ccc(OC(F)(F)F)cc1. The number of alkyl halides is 3. The zero-order chi connectivity index (χ0) is 19.0. The van der Waals surface area contributed by atoms with Gasteiger partial charge >= 0.3 is 6.36 Å². The number of benzene rings is 1. The highest BCUT2D eigenvalue weighted by molar-refractivity contribution is 5.59. The van der Waals surface area contributed by atoms with E-state index in [0.29, 0.717) is 29.8 Å². The lowest BCUT2D eigenvalue weighted by atomic mass is 9.94. The molecule has 0 N–H and O–H groups in total. The number of piperidine rings is 1. The highest BCUT2D eigenvalue weighted by atomic mass is 19.4. The molecule has 3 heterocycles. The minimum absolute atomic E-state index is 0.193. The summed E-state index contributed by atoms with van der Waals surface area (Å²) < 4.78 is 51.1. The van der Waals surface area contributed by atoms with Crippen molar-refractivity contribution < 1.29 is 32.2 Å². The van der Waals surface area contributed by atoms with E-state index in [0.717, 1.165) is 44.7 Å². The second kappa shape index (κ2) is 7.01. The number of likely N-dealkylation sites (tertiary alicyclic amines) is 1. The quantitative estimate of drug-likeness (QED) is 0.753. The van der Waals surface area contributed by atoms with Crippen LogP contribution in [-0.4, -0.2) is 42.2 Å². The number of halogens is 3. The third-order valence-corrected chi connectivity index (χ3v) is 4.98. The lowest BCUT2D eigenvalue weighted by molar-refractivity contribution is -0.793. The van der Waals surface area contributed by atoms with Crippen molar-refractivity contribution in [3.05, 3.63) is 35.2 Å². The summed E-state index contributed by atoms with van der Waals surface area (Å²) in [6.07, 6.45) is -2.50. The number of rotatable bonds is 4. The van der Waals surface area contributed by atoms with E-state index >= 15 is 0 Å². The Morgan fingerprint density at radius 2 is 2.04 bits per heavy atom. The lowest BCUT2D eigenvalue weighted by Gasteiger charge is -2.33. The number of hydrogen-bond donors (Lipinski definition) is 0. The van der Waals surface area contributed by atoms with Crippen LogP contribution in [-0.2, 0) is 11.3 Å². The van der Waals surface area contributed by atoms with E-state index < -0.39 is 6.36 Å². The van der Waals surface area contributed by atoms with E-state index in [1.54, 1.807) is 0 Å². The molecule has 146 valence electrons. The van der Waals surface area contributed by atoms with Crippen molar-refractivity contribution in [1.29, 1.82) is 0 Å². The molecule has 1 aromatic carbocycles. The summed E-state index contributed by atoms with van der Waals surface area (Å²) in [6, 6.07) is 5.06. The monoisotopic (exact) mass is 385 g/mol. The first-order chi connectivity index (χ1) is 12.9. The zero-order valence-electron chi connectivity index (χ0n) is 14.3. The number of hydrogen-bond acceptors (Lipinski definition) is 6. The second-order valence-corrected chi connectivity index (χ2v) is 6.78. The van der Waals surface area contributed by atoms with Crippen LogP contribution in [0.2, 0.25) is 0 Å². The van der Waals surface area contributed by atoms with Crippen molar-refractivity contribution in [2.75, 3.05) is 19.7 Å². The molecule has 2 saturated heterocycles. The molecule has 2 atom stereocenters. The molecular weight excluding hydrogens is 367 g/mol. The maximum Gasteiger partial charge on any atom is 0.573 e. The van der Waals surface area contributed by atoms with Crippen LogP contribution in [0, 0.1) is 11.1 Å². The molecule has 0 unspecified atom stereocenters. The average molecular weight is 385 g/mol. The number of ether oxygens (including phenoxy) is 2. The van der Waals surface area contributed by atoms with Crippen LogP contribution in [0.15, 0.2) is 28.9 Å². The Kier molecular flexibility index (Phi) is 4.68. The molecule has 0 aliphatic carbocycles. The van der Waals surface area contributed by atoms with Gasteiger partial charge in [-0.3, -0.25) is 9.53 Å². The molecule has 0 radical (unpaired) electrons. The number of nitrogens with zero attached hydrogens (tertiary/aromatic N) is 3. The minimum atomic E-state index is -4.77. The standard InChI is InChI=1S/C17H18F3N3O4/c18-17(19,20)26-13-3-1-11(2-4-13)16-14(21-27-23(16)24)10-22-7-5-15-12(9-22)6-8-25-15/h1-4,12,15H,5-10H2/t12-,15+/m1/s1. The predicted molar refractivity (Wildman–Crippen MR) is 85.3 cm³/mol. The molecule has 0 spiro atoms. The Balaban J connectivity index is 1.50. The van der Waals surface area contributed by atoms with Crippen LogP contribution >= 0.6 is 0 Å². The number of fused-ring (bicyclic) bond motifs is 1. The summed E-state index contributed by atoms with van der Waals surface area (Å²) in [6.45, 7) is 2.89. The average Bonchev–Trinajstić information content (AvgIpc) is 3.21. The topological polar surface area (TPSA) is 74.7 Å². The van der Waals surface area contributed by atoms with Crippen LogP contribution in [0.1, 0.15) is 18.5 Å². The molecule has 0 amide bonds. The summed E-state index contributed by atoms with van der Waals surface area (Å²) in [5, 5.41) is 15.9. The van der Waals surface area contributed by atoms with Crippen molar-refractivity contribution in [2.24, 2.45) is 5.92 Å². The van der Waals surface area contributed by atoms with Gasteiger partial charge in [0.15, 0.2) is 0 Å². The molecule has 0 bridgehead atoms. The first kappa shape index (κ1) is 18.1. The lowest BCUT2D eigenvalue weighted by Crippen LogP contribution is -2.41. The molecular formula is C17H18F3N3O4. The van der Waals surface area contributed by atoms with Gasteiger partial charge in [0.2, 0.25) is 11.4 Å². The number of aromatic nitrogens is 2. The van der Waals surface area contributed by atoms with E-state index in [2.05, 4.69) is 14.8 Å². The molecule has 7 nitrogen and oxygen atoms in total. The fraction of sp³-hybridized carbons (Fsp3) is 0.529. The normalized spacial score (nSPS) is 23.4. The fourth-order valence-electron chi connectivity index (χ4n) is 3.77. The van der Waals surface area contributed by atoms with E-state index in [9.17, 15) is 18.4 Å². The van der Waals surface area contributed by atoms with Crippen molar-refractivity contribution >= 4 is 0 Å². The van der Waals surface area contributed by atoms with Gasteiger partial charge in [0.05, 0.1) is 12.6 Å². The van der Waals surface area contributed by atoms with E-state index in [4.69, 9.17) is 9.37 Å². The van der Waals surface area contributed by atoms with Crippen LogP contribution in [0.4, 0.5) is 13.2 Å². The van der Waals surface area contributed by atoms with Gasteiger partial charge in [0.25, 0.3) is 0 Å². The molecule has 0 saturated carbocycles. The Morgan fingerprint density at radius 3 is 2.78 bits per heavy atom. The molecule has 1 aromatic heterocycles. The smallest absolute Gasteiger partial charge is 0.406 e. The Bertz CT molecular complexity index is 794. The van der Waals surface area contributed by atoms with Gasteiger partial charge in [-0.15, -0.1) is 13.2 Å². The summed E-state index contributed by atoms with van der Waals surface area (Å²) in [5.74, 6) is 0.122. The summed E-state index contributed by atoms with van der Waals surface area (Å²) >= 11 is 0. The highest BCUT2D eigenvalue weighted by Gasteiger charge is 2.35. The third kappa shape index (κ3) is 4.01. The van der Waals surface area contributed by atoms with Gasteiger partial charge in [-0.25, -0.2) is 0 Å². The van der Waals surface area contributed by atoms with Crippen LogP contribution < -0.4 is 9.64 Å². The van der Waals surface area contributed by atoms with Crippen molar-refractivity contribution in [2.45, 2.75) is 31.9 Å². The first-order valence-corrected chi connectivity index (χ1v) is 8.68. The van der Waals surface area contributed by atoms with Crippen LogP contribution in [0.3, 0.4) is 0 Å². The highest BCUT2D eigenvalue weighted by Crippen LogP contribution is 2.31. The van der Waals surface area contributed by atoms with Gasteiger partial charge in [0, 0.05) is 36.3 Å². The van der Waals surface area contributed by atoms with Gasteiger partial charge < -0.3 is 14.7 Å². The predicted octanol–water partition coefficient (Wildman–Crippen LogP) is 2.48. The molecule has 2 aliphatic heterocycles. The van der Waals surface area contributed by atoms with Crippen molar-refractivity contribution in [1.82, 2.24) is 10.1 Å². The van der Waals surface area contributed by atoms with Gasteiger partial charge in [-0.05, 0) is 42.0 Å². The summed E-state index contributed by atoms with van der Waals surface area (Å²) in [4.78, 5) is 2.47.